The van der Waals surface area contributed by atoms with E-state index in [4.69, 9.17) is 23.2 Å². The number of carbonyl (C=O) groups is 1. The lowest BCUT2D eigenvalue weighted by Crippen LogP contribution is -2.53. The molecular weight excluding hydrogens is 419 g/mol. The van der Waals surface area contributed by atoms with Gasteiger partial charge in [-0.25, -0.2) is 9.98 Å². The predicted octanol–water partition coefficient (Wildman–Crippen LogP) is 5.63. The van der Waals surface area contributed by atoms with Crippen LogP contribution in [-0.4, -0.2) is 48.5 Å². The van der Waals surface area contributed by atoms with Crippen molar-refractivity contribution < 1.29 is 4.79 Å². The first-order valence-electron chi connectivity index (χ1n) is 10.4. The zero-order valence-electron chi connectivity index (χ0n) is 18.3. The minimum atomic E-state index is -0.231. The first kappa shape index (κ1) is 24.6. The Morgan fingerprint density at radius 3 is 2.73 bits per heavy atom. The van der Waals surface area contributed by atoms with Gasteiger partial charge in [0, 0.05) is 24.8 Å². The fraction of sp³-hybridized carbons (Fsp3) is 0.522. The van der Waals surface area contributed by atoms with Gasteiger partial charge in [0.05, 0.1) is 15.6 Å². The molecule has 164 valence electrons. The number of hydrogen-bond donors (Lipinski definition) is 1. The zero-order chi connectivity index (χ0) is 22.3. The molecule has 0 radical (unpaired) electrons. The third-order valence-electron chi connectivity index (χ3n) is 5.62. The number of aliphatic imine (C=N–C) groups is 2. The Bertz CT molecular complexity index is 819. The molecule has 1 aliphatic rings. The first-order chi connectivity index (χ1) is 14.3. The summed E-state index contributed by atoms with van der Waals surface area (Å²) in [4.78, 5) is 23.6. The Labute approximate surface area is 190 Å². The molecule has 2 unspecified atom stereocenters. The Hall–Kier alpha value is -1.69. The molecule has 0 aromatic heterocycles. The highest BCUT2D eigenvalue weighted by Gasteiger charge is 2.32. The lowest BCUT2D eigenvalue weighted by molar-refractivity contribution is 0.0747. The summed E-state index contributed by atoms with van der Waals surface area (Å²) in [6.07, 6.45) is 5.37. The van der Waals surface area contributed by atoms with Crippen LogP contribution < -0.4 is 5.32 Å². The largest absolute Gasteiger partial charge is 0.350 e. The van der Waals surface area contributed by atoms with Crippen LogP contribution in [0, 0.1) is 5.92 Å². The highest BCUT2D eigenvalue weighted by atomic mass is 35.5. The Morgan fingerprint density at radius 2 is 2.07 bits per heavy atom. The van der Waals surface area contributed by atoms with Crippen LogP contribution in [0.1, 0.15) is 57.3 Å². The fourth-order valence-corrected chi connectivity index (χ4v) is 4.29. The molecular formula is C23H32Cl2N4O. The Balaban J connectivity index is 2.27. The van der Waals surface area contributed by atoms with E-state index in [1.165, 1.54) is 6.42 Å². The van der Waals surface area contributed by atoms with E-state index in [0.717, 1.165) is 25.0 Å². The predicted molar refractivity (Wildman–Crippen MR) is 128 cm³/mol. The second-order valence-corrected chi connectivity index (χ2v) is 8.86. The smallest absolute Gasteiger partial charge is 0.252 e. The van der Waals surface area contributed by atoms with Crippen molar-refractivity contribution in [2.45, 2.75) is 59.0 Å². The molecule has 2 atom stereocenters. The number of halogens is 2. The van der Waals surface area contributed by atoms with Gasteiger partial charge in [-0.3, -0.25) is 9.69 Å². The van der Waals surface area contributed by atoms with Crippen LogP contribution in [0.2, 0.25) is 10.0 Å². The molecule has 2 rings (SSSR count). The summed E-state index contributed by atoms with van der Waals surface area (Å²) >= 11 is 12.3. The van der Waals surface area contributed by atoms with Crippen LogP contribution in [0.5, 0.6) is 0 Å². The van der Waals surface area contributed by atoms with E-state index < -0.39 is 0 Å². The number of amides is 1. The average Bonchev–Trinajstić information content (AvgIpc) is 2.74. The van der Waals surface area contributed by atoms with Crippen LogP contribution >= 0.6 is 23.2 Å². The van der Waals surface area contributed by atoms with Gasteiger partial charge in [0.2, 0.25) is 0 Å². The van der Waals surface area contributed by atoms with Gasteiger partial charge in [0.1, 0.15) is 5.84 Å². The van der Waals surface area contributed by atoms with Crippen molar-refractivity contribution >= 4 is 41.7 Å². The van der Waals surface area contributed by atoms with Crippen molar-refractivity contribution in [2.24, 2.45) is 15.9 Å². The van der Waals surface area contributed by atoms with E-state index in [9.17, 15) is 4.79 Å². The lowest BCUT2D eigenvalue weighted by Gasteiger charge is -2.43. The summed E-state index contributed by atoms with van der Waals surface area (Å²) in [6.45, 7) is 13.3. The van der Waals surface area contributed by atoms with Gasteiger partial charge < -0.3 is 5.32 Å². The molecule has 5 nitrogen and oxygen atoms in total. The van der Waals surface area contributed by atoms with Crippen LogP contribution in [0.15, 0.2) is 40.0 Å². The number of carbonyl (C=O) groups excluding carboxylic acids is 1. The first-order valence-corrected chi connectivity index (χ1v) is 11.2. The molecule has 1 saturated heterocycles. The van der Waals surface area contributed by atoms with Gasteiger partial charge in [0.25, 0.3) is 5.91 Å². The van der Waals surface area contributed by atoms with E-state index >= 15 is 0 Å². The maximum Gasteiger partial charge on any atom is 0.252 e. The molecule has 1 aromatic rings. The highest BCUT2D eigenvalue weighted by molar-refractivity contribution is 6.43. The number of benzene rings is 1. The van der Waals surface area contributed by atoms with Gasteiger partial charge in [-0.2, -0.15) is 0 Å². The summed E-state index contributed by atoms with van der Waals surface area (Å²) in [5, 5.41) is 3.70. The third kappa shape index (κ3) is 6.40. The number of amidine groups is 1. The third-order valence-corrected chi connectivity index (χ3v) is 6.44. The molecule has 1 heterocycles. The number of nitrogens with zero attached hydrogens (tertiary/aromatic N) is 3. The van der Waals surface area contributed by atoms with Crippen LogP contribution in [0.3, 0.4) is 0 Å². The highest BCUT2D eigenvalue weighted by Crippen LogP contribution is 2.28. The number of likely N-dealkylation sites (tertiary alicyclic amines) is 1. The van der Waals surface area contributed by atoms with Crippen molar-refractivity contribution in [2.75, 3.05) is 13.1 Å². The van der Waals surface area contributed by atoms with Crippen LogP contribution in [0.25, 0.3) is 0 Å². The molecule has 0 bridgehead atoms. The summed E-state index contributed by atoms with van der Waals surface area (Å²) in [5.74, 6) is 0.909. The number of piperidine rings is 1. The number of rotatable bonds is 7. The lowest BCUT2D eigenvalue weighted by atomic mass is 9.90. The molecule has 7 heteroatoms. The maximum atomic E-state index is 12.8. The van der Waals surface area contributed by atoms with Crippen LogP contribution in [-0.2, 0) is 0 Å². The van der Waals surface area contributed by atoms with E-state index in [1.807, 2.05) is 13.1 Å². The molecule has 1 aromatic carbocycles. The summed E-state index contributed by atoms with van der Waals surface area (Å²) in [7, 11) is 0. The van der Waals surface area contributed by atoms with E-state index in [2.05, 4.69) is 47.7 Å². The van der Waals surface area contributed by atoms with Gasteiger partial charge in [-0.15, -0.1) is 0 Å². The molecule has 1 aliphatic heterocycles. The normalized spacial score (nSPS) is 19.6. The van der Waals surface area contributed by atoms with Crippen molar-refractivity contribution in [3.63, 3.8) is 0 Å². The van der Waals surface area contributed by atoms with Crippen molar-refractivity contribution in [3.8, 4) is 0 Å². The Morgan fingerprint density at radius 1 is 1.33 bits per heavy atom. The van der Waals surface area contributed by atoms with E-state index in [-0.39, 0.29) is 17.0 Å². The van der Waals surface area contributed by atoms with Gasteiger partial charge in [-0.1, -0.05) is 49.5 Å². The minimum absolute atomic E-state index is 0.0287. The standard InChI is InChI=1S/C23H32Cl2N4O/c1-15(2)20-11-6-7-12-29(20)21(16(3)13-27-17(4)26-5)14-28-23(30)18-9-8-10-19(24)22(18)25/h8-10,13,15,20-21H,5-7,11-12,14H2,1-4H3,(H,28,30)/b16-13+,27-17?. The van der Waals surface area contributed by atoms with Gasteiger partial charge in [-0.05, 0) is 63.6 Å². The second-order valence-electron chi connectivity index (χ2n) is 8.08. The summed E-state index contributed by atoms with van der Waals surface area (Å²) < 4.78 is 0. The fourth-order valence-electron chi connectivity index (χ4n) is 3.91. The summed E-state index contributed by atoms with van der Waals surface area (Å²) in [5.41, 5.74) is 1.45. The molecule has 0 spiro atoms. The van der Waals surface area contributed by atoms with Crippen molar-refractivity contribution in [1.29, 1.82) is 0 Å². The number of nitrogens with one attached hydrogen (secondary N) is 1. The molecule has 0 saturated carbocycles. The van der Waals surface area contributed by atoms with Crippen molar-refractivity contribution in [1.82, 2.24) is 10.2 Å². The van der Waals surface area contributed by atoms with Gasteiger partial charge >= 0.3 is 0 Å². The number of hydrogen-bond acceptors (Lipinski definition) is 3. The SMILES string of the molecule is C=NC(C)=N/C=C(\C)C(CNC(=O)c1cccc(Cl)c1Cl)N1CCCCC1C(C)C. The minimum Gasteiger partial charge on any atom is -0.350 e. The zero-order valence-corrected chi connectivity index (χ0v) is 19.8. The van der Waals surface area contributed by atoms with Gasteiger partial charge in [0.15, 0.2) is 0 Å². The molecule has 30 heavy (non-hydrogen) atoms. The quantitative estimate of drug-likeness (QED) is 0.432. The van der Waals surface area contributed by atoms with Crippen LogP contribution in [0.4, 0.5) is 0 Å². The summed E-state index contributed by atoms with van der Waals surface area (Å²) in [6, 6.07) is 5.57. The van der Waals surface area contributed by atoms with Crippen molar-refractivity contribution in [3.05, 3.63) is 45.6 Å². The molecule has 1 fully saturated rings. The Kier molecular flexibility index (Phi) is 9.53. The molecule has 1 N–H and O–H groups in total. The van der Waals surface area contributed by atoms with E-state index in [0.29, 0.717) is 34.9 Å². The average molecular weight is 451 g/mol. The monoisotopic (exact) mass is 450 g/mol. The molecule has 0 aliphatic carbocycles. The second kappa shape index (κ2) is 11.6. The maximum absolute atomic E-state index is 12.8. The molecule has 1 amide bonds. The van der Waals surface area contributed by atoms with E-state index in [1.54, 1.807) is 18.2 Å². The topological polar surface area (TPSA) is 57.1 Å².